The molecule has 0 atom stereocenters. The Morgan fingerprint density at radius 1 is 0.964 bits per heavy atom. The fraction of sp³-hybridized carbons (Fsp3) is 0.250. The van der Waals surface area contributed by atoms with Gasteiger partial charge >= 0.3 is 0 Å². The van der Waals surface area contributed by atoms with Crippen LogP contribution in [0.3, 0.4) is 0 Å². The zero-order valence-corrected chi connectivity index (χ0v) is 17.2. The van der Waals surface area contributed by atoms with Crippen molar-refractivity contribution >= 4 is 17.8 Å². The van der Waals surface area contributed by atoms with E-state index in [9.17, 15) is 0 Å². The first-order chi connectivity index (χ1) is 13.5. The molecule has 4 nitrogen and oxygen atoms in total. The van der Waals surface area contributed by atoms with Crippen LogP contribution in [-0.4, -0.2) is 24.1 Å². The van der Waals surface area contributed by atoms with Gasteiger partial charge in [-0.2, -0.15) is 4.57 Å². The van der Waals surface area contributed by atoms with E-state index in [-0.39, 0.29) is 0 Å². The topological polar surface area (TPSA) is 35.8 Å². The summed E-state index contributed by atoms with van der Waals surface area (Å²) < 4.78 is 2.35. The quantitative estimate of drug-likeness (QED) is 0.494. The fourth-order valence-corrected chi connectivity index (χ4v) is 3.28. The van der Waals surface area contributed by atoms with E-state index in [2.05, 4.69) is 108 Å². The van der Waals surface area contributed by atoms with Gasteiger partial charge in [0.15, 0.2) is 17.9 Å². The summed E-state index contributed by atoms with van der Waals surface area (Å²) in [4.78, 5) is 9.36. The second-order valence-electron chi connectivity index (χ2n) is 7.25. The molecule has 1 aromatic carbocycles. The molecular formula is C24H29N4+. The molecule has 2 heterocycles. The van der Waals surface area contributed by atoms with Crippen LogP contribution in [0.4, 0.5) is 5.69 Å². The van der Waals surface area contributed by atoms with Crippen LogP contribution in [0.15, 0.2) is 61.1 Å². The van der Waals surface area contributed by atoms with E-state index >= 15 is 0 Å². The Morgan fingerprint density at radius 2 is 1.61 bits per heavy atom. The lowest BCUT2D eigenvalue weighted by Crippen LogP contribution is -2.41. The lowest BCUT2D eigenvalue weighted by molar-refractivity contribution is -0.708. The van der Waals surface area contributed by atoms with Crippen LogP contribution in [0.25, 0.3) is 12.2 Å². The molecule has 0 amide bonds. The second kappa shape index (κ2) is 9.18. The Labute approximate surface area is 167 Å². The van der Waals surface area contributed by atoms with Gasteiger partial charge in [-0.3, -0.25) is 0 Å². The van der Waals surface area contributed by atoms with Crippen molar-refractivity contribution in [3.05, 3.63) is 89.3 Å². The predicted molar refractivity (Wildman–Crippen MR) is 117 cm³/mol. The molecular weight excluding hydrogens is 344 g/mol. The van der Waals surface area contributed by atoms with Gasteiger partial charge in [0.1, 0.15) is 0 Å². The molecule has 3 aromatic rings. The summed E-state index contributed by atoms with van der Waals surface area (Å²) in [5.41, 5.74) is 7.33. The van der Waals surface area contributed by atoms with Crippen LogP contribution < -0.4 is 9.47 Å². The highest BCUT2D eigenvalue weighted by Gasteiger charge is 2.12. The first-order valence-corrected chi connectivity index (χ1v) is 9.63. The minimum Gasteiger partial charge on any atom is -0.378 e. The van der Waals surface area contributed by atoms with Gasteiger partial charge in [0.25, 0.3) is 0 Å². The van der Waals surface area contributed by atoms with Gasteiger partial charge in [0.05, 0.1) is 6.33 Å². The Hall–Kier alpha value is -3.14. The second-order valence-corrected chi connectivity index (χ2v) is 7.25. The number of benzene rings is 1. The van der Waals surface area contributed by atoms with E-state index < -0.39 is 0 Å². The van der Waals surface area contributed by atoms with Crippen LogP contribution in [0.5, 0.6) is 0 Å². The van der Waals surface area contributed by atoms with Gasteiger partial charge in [-0.05, 0) is 23.3 Å². The summed E-state index contributed by atoms with van der Waals surface area (Å²) in [5.74, 6) is 0. The number of rotatable bonds is 7. The van der Waals surface area contributed by atoms with Crippen molar-refractivity contribution in [2.75, 3.05) is 19.0 Å². The number of imidazole rings is 1. The average molecular weight is 374 g/mol. The molecule has 28 heavy (non-hydrogen) atoms. The fourth-order valence-electron chi connectivity index (χ4n) is 3.28. The molecule has 144 valence electrons. The summed E-state index contributed by atoms with van der Waals surface area (Å²) in [6.07, 6.45) is 13.1. The highest BCUT2D eigenvalue weighted by molar-refractivity contribution is 5.59. The molecule has 0 saturated carbocycles. The van der Waals surface area contributed by atoms with Crippen LogP contribution in [-0.2, 0) is 13.0 Å². The molecule has 0 spiro atoms. The molecule has 0 saturated heterocycles. The maximum absolute atomic E-state index is 4.09. The summed E-state index contributed by atoms with van der Waals surface area (Å²) in [6, 6.07) is 13.0. The van der Waals surface area contributed by atoms with E-state index in [0.717, 1.165) is 13.0 Å². The van der Waals surface area contributed by atoms with Crippen LogP contribution in [0.2, 0.25) is 0 Å². The minimum absolute atomic E-state index is 0.951. The van der Waals surface area contributed by atoms with Crippen molar-refractivity contribution in [2.45, 2.75) is 26.8 Å². The molecule has 0 radical (unpaired) electrons. The zero-order chi connectivity index (χ0) is 19.9. The number of nitrogens with one attached hydrogen (secondary N) is 1. The third-order valence-electron chi connectivity index (χ3n) is 4.86. The lowest BCUT2D eigenvalue weighted by Gasteiger charge is -2.11. The molecule has 0 aliphatic carbocycles. The summed E-state index contributed by atoms with van der Waals surface area (Å²) >= 11 is 0. The van der Waals surface area contributed by atoms with Crippen molar-refractivity contribution in [3.63, 3.8) is 0 Å². The molecule has 3 rings (SSSR count). The number of aromatic nitrogens is 3. The number of allylic oxidation sites excluding steroid dienone is 2. The molecule has 2 aromatic heterocycles. The summed E-state index contributed by atoms with van der Waals surface area (Å²) in [7, 11) is 4.11. The largest absolute Gasteiger partial charge is 0.378 e. The molecule has 0 aliphatic heterocycles. The number of anilines is 1. The van der Waals surface area contributed by atoms with Crippen LogP contribution in [0, 0.1) is 13.8 Å². The molecule has 0 fully saturated rings. The Kier molecular flexibility index (Phi) is 6.43. The first kappa shape index (κ1) is 19.6. The molecule has 0 unspecified atom stereocenters. The number of H-pyrrole nitrogens is 1. The zero-order valence-electron chi connectivity index (χ0n) is 17.2. The SMILES string of the molecule is Cc1cc(/C=C/C=C/c2ccc(N(C)C)cc2)cc(C)[n+]1CCc1cnc[nH]1. The molecule has 0 bridgehead atoms. The highest BCUT2D eigenvalue weighted by atomic mass is 15.1. The summed E-state index contributed by atoms with van der Waals surface area (Å²) in [6.45, 7) is 5.28. The van der Waals surface area contributed by atoms with Crippen molar-refractivity contribution < 1.29 is 4.57 Å². The van der Waals surface area contributed by atoms with Gasteiger partial charge in [-0.1, -0.05) is 36.4 Å². The summed E-state index contributed by atoms with van der Waals surface area (Å²) in [5, 5.41) is 0. The van der Waals surface area contributed by atoms with Gasteiger partial charge < -0.3 is 9.88 Å². The van der Waals surface area contributed by atoms with Crippen molar-refractivity contribution in [3.8, 4) is 0 Å². The van der Waals surface area contributed by atoms with E-state index in [1.54, 1.807) is 6.33 Å². The third kappa shape index (κ3) is 5.19. The third-order valence-corrected chi connectivity index (χ3v) is 4.86. The van der Waals surface area contributed by atoms with Gasteiger partial charge in [0.2, 0.25) is 0 Å². The van der Waals surface area contributed by atoms with Crippen molar-refractivity contribution in [1.82, 2.24) is 9.97 Å². The van der Waals surface area contributed by atoms with Gasteiger partial charge in [-0.25, -0.2) is 4.98 Å². The maximum atomic E-state index is 4.09. The number of pyridine rings is 1. The Balaban J connectivity index is 1.63. The smallest absolute Gasteiger partial charge is 0.179 e. The monoisotopic (exact) mass is 373 g/mol. The average Bonchev–Trinajstić information content (AvgIpc) is 3.18. The molecule has 1 N–H and O–H groups in total. The first-order valence-electron chi connectivity index (χ1n) is 9.63. The van der Waals surface area contributed by atoms with E-state index in [0.29, 0.717) is 0 Å². The van der Waals surface area contributed by atoms with Crippen molar-refractivity contribution in [2.24, 2.45) is 0 Å². The predicted octanol–water partition coefficient (Wildman–Crippen LogP) is 4.35. The highest BCUT2D eigenvalue weighted by Crippen LogP contribution is 2.13. The number of aryl methyl sites for hydroxylation is 3. The normalized spacial score (nSPS) is 11.6. The van der Waals surface area contributed by atoms with Crippen molar-refractivity contribution in [1.29, 1.82) is 0 Å². The molecule has 4 heteroatoms. The van der Waals surface area contributed by atoms with E-state index in [1.807, 2.05) is 6.20 Å². The Bertz CT molecular complexity index is 926. The van der Waals surface area contributed by atoms with Gasteiger partial charge in [0, 0.05) is 64.1 Å². The van der Waals surface area contributed by atoms with E-state index in [4.69, 9.17) is 0 Å². The number of hydrogen-bond acceptors (Lipinski definition) is 2. The molecule has 0 aliphatic rings. The number of hydrogen-bond donors (Lipinski definition) is 1. The number of aromatic amines is 1. The van der Waals surface area contributed by atoms with Crippen LogP contribution in [0.1, 0.15) is 28.2 Å². The Morgan fingerprint density at radius 3 is 2.18 bits per heavy atom. The lowest BCUT2D eigenvalue weighted by atomic mass is 10.1. The van der Waals surface area contributed by atoms with E-state index in [1.165, 1.54) is 33.9 Å². The van der Waals surface area contributed by atoms with Crippen LogP contribution >= 0.6 is 0 Å². The maximum Gasteiger partial charge on any atom is 0.179 e. The number of nitrogens with zero attached hydrogens (tertiary/aromatic N) is 3. The van der Waals surface area contributed by atoms with Gasteiger partial charge in [-0.15, -0.1) is 0 Å². The standard InChI is InChI=1S/C24H29N4/c1-19-15-22(16-20(2)28(19)14-13-23-17-25-18-26-23)8-6-5-7-21-9-11-24(12-10-21)27(3)4/h5-12,15-18H,13-14H2,1-4H3,(H,25,26)/q+1. The minimum atomic E-state index is 0.951.